The molecule has 0 spiro atoms. The minimum Gasteiger partial charge on any atom is -0.371 e. The second kappa shape index (κ2) is 4.45. The summed E-state index contributed by atoms with van der Waals surface area (Å²) in [7, 11) is 1.65. The molecular weight excluding hydrogens is 224 g/mol. The highest BCUT2D eigenvalue weighted by Gasteiger charge is 2.16. The summed E-state index contributed by atoms with van der Waals surface area (Å²) < 4.78 is 27.3. The van der Waals surface area contributed by atoms with E-state index in [0.29, 0.717) is 11.5 Å². The summed E-state index contributed by atoms with van der Waals surface area (Å²) in [5.74, 6) is -1.34. The van der Waals surface area contributed by atoms with E-state index in [1.54, 1.807) is 7.05 Å². The molecule has 1 aromatic carbocycles. The van der Waals surface area contributed by atoms with Gasteiger partial charge in [0.25, 0.3) is 0 Å². The minimum absolute atomic E-state index is 0.102. The van der Waals surface area contributed by atoms with Gasteiger partial charge in [0, 0.05) is 25.0 Å². The number of aromatic nitrogens is 2. The van der Waals surface area contributed by atoms with Crippen LogP contribution >= 0.6 is 0 Å². The van der Waals surface area contributed by atoms with Crippen LogP contribution in [0, 0.1) is 18.6 Å². The first-order valence-electron chi connectivity index (χ1n) is 5.09. The molecule has 3 nitrogen and oxygen atoms in total. The van der Waals surface area contributed by atoms with E-state index in [4.69, 9.17) is 0 Å². The Morgan fingerprint density at radius 2 is 1.76 bits per heavy atom. The van der Waals surface area contributed by atoms with Crippen LogP contribution in [0.25, 0.3) is 11.3 Å². The fourth-order valence-electron chi connectivity index (χ4n) is 1.55. The normalized spacial score (nSPS) is 10.4. The molecule has 0 atom stereocenters. The first-order valence-corrected chi connectivity index (χ1v) is 5.09. The summed E-state index contributed by atoms with van der Waals surface area (Å²) in [5, 5.41) is 2.79. The molecule has 2 rings (SSSR count). The quantitative estimate of drug-likeness (QED) is 0.869. The van der Waals surface area contributed by atoms with Crippen molar-refractivity contribution in [3.05, 3.63) is 41.7 Å². The van der Waals surface area contributed by atoms with Crippen LogP contribution in [0.3, 0.4) is 0 Å². The first-order chi connectivity index (χ1) is 8.15. The third kappa shape index (κ3) is 1.95. The average Bonchev–Trinajstić information content (AvgIpc) is 2.36. The monoisotopic (exact) mass is 235 g/mol. The first kappa shape index (κ1) is 11.4. The molecule has 0 saturated heterocycles. The van der Waals surface area contributed by atoms with Crippen LogP contribution in [-0.4, -0.2) is 17.0 Å². The van der Waals surface area contributed by atoms with E-state index in [1.165, 1.54) is 31.5 Å². The van der Waals surface area contributed by atoms with Crippen LogP contribution in [0.1, 0.15) is 5.56 Å². The second-order valence-corrected chi connectivity index (χ2v) is 3.56. The molecule has 0 aliphatic carbocycles. The van der Waals surface area contributed by atoms with Crippen molar-refractivity contribution in [2.75, 3.05) is 12.4 Å². The van der Waals surface area contributed by atoms with Gasteiger partial charge in [0.05, 0.1) is 0 Å². The van der Waals surface area contributed by atoms with E-state index in [-0.39, 0.29) is 11.1 Å². The molecule has 0 saturated carbocycles. The summed E-state index contributed by atoms with van der Waals surface area (Å²) >= 11 is 0. The highest BCUT2D eigenvalue weighted by molar-refractivity contribution is 5.71. The van der Waals surface area contributed by atoms with Crippen molar-refractivity contribution in [2.24, 2.45) is 0 Å². The predicted octanol–water partition coefficient (Wildman–Crippen LogP) is 2.77. The van der Waals surface area contributed by atoms with E-state index in [0.717, 1.165) is 0 Å². The van der Waals surface area contributed by atoms with Gasteiger partial charge in [-0.15, -0.1) is 0 Å². The lowest BCUT2D eigenvalue weighted by molar-refractivity contribution is 0.505. The molecule has 2 aromatic rings. The number of nitrogens with zero attached hydrogens (tertiary/aromatic N) is 2. The van der Waals surface area contributed by atoms with Gasteiger partial charge >= 0.3 is 0 Å². The molecule has 17 heavy (non-hydrogen) atoms. The van der Waals surface area contributed by atoms with E-state index in [2.05, 4.69) is 15.3 Å². The van der Waals surface area contributed by atoms with Crippen molar-refractivity contribution in [1.29, 1.82) is 0 Å². The smallest absolute Gasteiger partial charge is 0.168 e. The lowest BCUT2D eigenvalue weighted by Gasteiger charge is -2.08. The van der Waals surface area contributed by atoms with Crippen LogP contribution in [0.4, 0.5) is 14.6 Å². The van der Waals surface area contributed by atoms with Gasteiger partial charge in [0.15, 0.2) is 17.5 Å². The molecule has 0 aliphatic rings. The maximum atomic E-state index is 13.8. The van der Waals surface area contributed by atoms with E-state index < -0.39 is 11.6 Å². The fourth-order valence-corrected chi connectivity index (χ4v) is 1.55. The van der Waals surface area contributed by atoms with Crippen molar-refractivity contribution in [1.82, 2.24) is 9.97 Å². The van der Waals surface area contributed by atoms with Crippen LogP contribution in [0.15, 0.2) is 24.5 Å². The Bertz CT molecular complexity index is 555. The van der Waals surface area contributed by atoms with E-state index in [9.17, 15) is 8.78 Å². The SMILES string of the molecule is CNc1nccnc1-c1ccc(C)c(F)c1F. The Hall–Kier alpha value is -2.04. The topological polar surface area (TPSA) is 37.8 Å². The Balaban J connectivity index is 2.65. The highest BCUT2D eigenvalue weighted by atomic mass is 19.2. The molecule has 0 fully saturated rings. The predicted molar refractivity (Wildman–Crippen MR) is 61.7 cm³/mol. The number of aryl methyl sites for hydroxylation is 1. The van der Waals surface area contributed by atoms with Gasteiger partial charge < -0.3 is 5.32 Å². The molecule has 88 valence electrons. The lowest BCUT2D eigenvalue weighted by atomic mass is 10.1. The molecule has 0 radical (unpaired) electrons. The molecule has 1 N–H and O–H groups in total. The summed E-state index contributed by atoms with van der Waals surface area (Å²) in [6.07, 6.45) is 2.92. The number of hydrogen-bond acceptors (Lipinski definition) is 3. The van der Waals surface area contributed by atoms with E-state index >= 15 is 0 Å². The molecule has 0 bridgehead atoms. The maximum absolute atomic E-state index is 13.8. The number of benzene rings is 1. The highest BCUT2D eigenvalue weighted by Crippen LogP contribution is 2.28. The van der Waals surface area contributed by atoms with Crippen LogP contribution in [0.5, 0.6) is 0 Å². The zero-order valence-corrected chi connectivity index (χ0v) is 9.46. The summed E-state index contributed by atoms with van der Waals surface area (Å²) in [4.78, 5) is 8.02. The van der Waals surface area contributed by atoms with Gasteiger partial charge in [-0.1, -0.05) is 6.07 Å². The number of halogens is 2. The summed E-state index contributed by atoms with van der Waals surface area (Å²) in [5.41, 5.74) is 0.665. The molecule has 0 amide bonds. The number of hydrogen-bond donors (Lipinski definition) is 1. The Morgan fingerprint density at radius 1 is 1.06 bits per heavy atom. The largest absolute Gasteiger partial charge is 0.371 e. The average molecular weight is 235 g/mol. The Kier molecular flexibility index (Phi) is 2.99. The Morgan fingerprint density at radius 3 is 2.47 bits per heavy atom. The third-order valence-corrected chi connectivity index (χ3v) is 2.47. The zero-order valence-electron chi connectivity index (χ0n) is 9.46. The van der Waals surface area contributed by atoms with Gasteiger partial charge in [-0.05, 0) is 18.6 Å². The number of nitrogens with one attached hydrogen (secondary N) is 1. The molecule has 1 aromatic heterocycles. The van der Waals surface area contributed by atoms with Crippen molar-refractivity contribution in [3.8, 4) is 11.3 Å². The second-order valence-electron chi connectivity index (χ2n) is 3.56. The van der Waals surface area contributed by atoms with Crippen LogP contribution in [-0.2, 0) is 0 Å². The van der Waals surface area contributed by atoms with Gasteiger partial charge in [0.1, 0.15) is 5.69 Å². The maximum Gasteiger partial charge on any atom is 0.168 e. The fraction of sp³-hybridized carbons (Fsp3) is 0.167. The summed E-state index contributed by atoms with van der Waals surface area (Å²) in [6, 6.07) is 3.01. The van der Waals surface area contributed by atoms with Crippen molar-refractivity contribution in [2.45, 2.75) is 6.92 Å². The Labute approximate surface area is 97.5 Å². The zero-order chi connectivity index (χ0) is 12.4. The molecule has 0 aliphatic heterocycles. The number of rotatable bonds is 2. The van der Waals surface area contributed by atoms with Gasteiger partial charge in [-0.2, -0.15) is 0 Å². The molecular formula is C12H11F2N3. The van der Waals surface area contributed by atoms with Crippen molar-refractivity contribution in [3.63, 3.8) is 0 Å². The van der Waals surface area contributed by atoms with Gasteiger partial charge in [-0.25, -0.2) is 13.8 Å². The minimum atomic E-state index is -0.901. The van der Waals surface area contributed by atoms with Crippen molar-refractivity contribution < 1.29 is 8.78 Å². The summed E-state index contributed by atoms with van der Waals surface area (Å²) in [6.45, 7) is 1.51. The van der Waals surface area contributed by atoms with Gasteiger partial charge in [0.2, 0.25) is 0 Å². The molecule has 1 heterocycles. The molecule has 5 heteroatoms. The third-order valence-electron chi connectivity index (χ3n) is 2.47. The van der Waals surface area contributed by atoms with Crippen LogP contribution in [0.2, 0.25) is 0 Å². The lowest BCUT2D eigenvalue weighted by Crippen LogP contribution is -2.00. The standard InChI is InChI=1S/C12H11F2N3/c1-7-3-4-8(10(14)9(7)13)11-12(15-2)17-6-5-16-11/h3-6H,1-2H3,(H,15,17). The van der Waals surface area contributed by atoms with Crippen LogP contribution < -0.4 is 5.32 Å². The molecule has 0 unspecified atom stereocenters. The van der Waals surface area contributed by atoms with Gasteiger partial charge in [-0.3, -0.25) is 4.98 Å². The van der Waals surface area contributed by atoms with Crippen molar-refractivity contribution >= 4 is 5.82 Å². The van der Waals surface area contributed by atoms with E-state index in [1.807, 2.05) is 0 Å². The number of anilines is 1.